The van der Waals surface area contributed by atoms with E-state index in [1.165, 1.54) is 6.08 Å². The average molecular weight is 1280 g/mol. The predicted octanol–water partition coefficient (Wildman–Crippen LogP) is 5.82. The van der Waals surface area contributed by atoms with Gasteiger partial charge in [-0.05, 0) is 6.07 Å². The molecule has 2 amide bonds. The monoisotopic (exact) mass is 1280 g/mol. The van der Waals surface area contributed by atoms with Gasteiger partial charge in [0.2, 0.25) is 5.91 Å². The molecule has 2 aliphatic rings. The molecular weight excluding hydrogens is 1220 g/mol. The third kappa shape index (κ3) is 24.2. The molecular formula is C54H67N4O30P. The summed E-state index contributed by atoms with van der Waals surface area (Å²) in [4.78, 5) is 138. The summed E-state index contributed by atoms with van der Waals surface area (Å²) in [6.45, 7) is 24.9. The van der Waals surface area contributed by atoms with E-state index < -0.39 is 202 Å². The van der Waals surface area contributed by atoms with Gasteiger partial charge in [-0.2, -0.15) is 4.98 Å². The fraction of sp³-hybridized carbons (Fsp3) is 0.426. The van der Waals surface area contributed by atoms with Gasteiger partial charge in [0, 0.05) is 13.1 Å². The Morgan fingerprint density at radius 1 is 0.640 bits per heavy atom. The molecule has 0 aliphatic carbocycles. The van der Waals surface area contributed by atoms with Gasteiger partial charge in [0.1, 0.15) is 83.6 Å². The first-order chi connectivity index (χ1) is 42.6. The van der Waals surface area contributed by atoms with Crippen molar-refractivity contribution >= 4 is 68.5 Å². The molecule has 0 spiro atoms. The summed E-state index contributed by atoms with van der Waals surface area (Å²) in [6.07, 6.45) is -17.7. The summed E-state index contributed by atoms with van der Waals surface area (Å²) in [5.41, 5.74) is -1.23. The molecule has 0 saturated carbocycles. The Hall–Kier alpha value is -9.60. The smallest absolute Gasteiger partial charge is 0.457 e. The van der Waals surface area contributed by atoms with E-state index in [-0.39, 0.29) is 12.4 Å². The summed E-state index contributed by atoms with van der Waals surface area (Å²) >= 11 is 0. The molecule has 3 rings (SSSR count). The molecule has 2 N–H and O–H groups in total. The largest absolute Gasteiger partial charge is 0.509 e. The summed E-state index contributed by atoms with van der Waals surface area (Å²) < 4.78 is 120. The molecule has 89 heavy (non-hydrogen) atoms. The van der Waals surface area contributed by atoms with Gasteiger partial charge < -0.3 is 81.1 Å². The maximum Gasteiger partial charge on any atom is 0.509 e. The van der Waals surface area contributed by atoms with Gasteiger partial charge in [0.25, 0.3) is 5.79 Å². The first-order valence-corrected chi connectivity index (χ1v) is 27.4. The fourth-order valence-electron chi connectivity index (χ4n) is 7.33. The van der Waals surface area contributed by atoms with Crippen molar-refractivity contribution in [1.82, 2.24) is 14.9 Å². The van der Waals surface area contributed by atoms with Crippen molar-refractivity contribution < 1.29 is 137 Å². The Labute approximate surface area is 508 Å². The Morgan fingerprint density at radius 2 is 1.13 bits per heavy atom. The second-order valence-electron chi connectivity index (χ2n) is 17.1. The number of nitrogens with one attached hydrogen (secondary N) is 2. The normalized spacial score (nSPS) is 21.1. The molecule has 488 valence electrons. The van der Waals surface area contributed by atoms with Gasteiger partial charge in [-0.25, -0.2) is 52.2 Å². The second-order valence-corrected chi connectivity index (χ2v) is 18.7. The minimum absolute atomic E-state index is 0.227. The topological polar surface area (TPSA) is 405 Å². The third-order valence-corrected chi connectivity index (χ3v) is 12.1. The van der Waals surface area contributed by atoms with Crippen LogP contribution in [0.3, 0.4) is 0 Å². The fourth-order valence-corrected chi connectivity index (χ4v) is 8.68. The van der Waals surface area contributed by atoms with Crippen molar-refractivity contribution in [3.05, 3.63) is 137 Å². The van der Waals surface area contributed by atoms with Crippen LogP contribution in [0, 0.1) is 0 Å². The highest BCUT2D eigenvalue weighted by Gasteiger charge is 2.63. The van der Waals surface area contributed by atoms with Crippen molar-refractivity contribution in [2.45, 2.75) is 74.1 Å². The van der Waals surface area contributed by atoms with Crippen molar-refractivity contribution in [1.29, 1.82) is 0 Å². The van der Waals surface area contributed by atoms with Crippen LogP contribution in [0.15, 0.2) is 131 Å². The highest BCUT2D eigenvalue weighted by molar-refractivity contribution is 7.48. The maximum absolute atomic E-state index is 15.6. The van der Waals surface area contributed by atoms with E-state index >= 15 is 4.57 Å². The molecule has 0 radical (unpaired) electrons. The number of phosphoric acid groups is 1. The zero-order chi connectivity index (χ0) is 65.9. The number of phosphoric ester groups is 1. The molecule has 0 aromatic carbocycles. The molecule has 11 atom stereocenters. The summed E-state index contributed by atoms with van der Waals surface area (Å²) in [7, 11) is -5.79. The molecule has 2 fully saturated rings. The van der Waals surface area contributed by atoms with Crippen molar-refractivity contribution in [3.63, 3.8) is 0 Å². The molecule has 1 aromatic heterocycles. The SMILES string of the molecule is C=CCOC(=O)Nc1ccn([C@@H]2O[C@H](COP(=O)(OCC=C)O[C@@]3(C(=O)OCC=C)C[C@H](OC(=O)OCC=C)[C@@H](NC(C)=O)[C@H]([C@H](OC(=O)OCC=C)[C@@H](COC(=O)OCC=C)OC(=O)OCC=C)O3)[C@@H](OC(=O)OCC=C)[C@H]2OC(=O)OCC=C)c(=O)n1. The third-order valence-electron chi connectivity index (χ3n) is 10.7. The number of anilines is 1. The van der Waals surface area contributed by atoms with E-state index in [1.54, 1.807) is 0 Å². The number of amides is 2. The zero-order valence-electron chi connectivity index (χ0n) is 48.0. The molecule has 0 bridgehead atoms. The Balaban J connectivity index is 2.45. The first-order valence-electron chi connectivity index (χ1n) is 26.0. The van der Waals surface area contributed by atoms with Crippen LogP contribution in [0.5, 0.6) is 0 Å². The lowest BCUT2D eigenvalue weighted by atomic mass is 9.88. The standard InChI is InChI=1S/C54H67N4O30P/c1-11-22-70-45(60)54(31-35(82-49(64)73-25-14-4)39(55-34(10)59)42(87-54)40(84-51(66)75-27-16-6)36(83-50(65)74-26-15-5)32-78-48(63)72-24-13-3)88-89(69,79-30-19-9)80-33-37-41(85-52(67)76-28-17-7)43(86-53(68)77-29-18-8)44(81-37)58-21-20-38(56-46(58)61)57-47(62)71-23-12-2/h11-21,35-37,39-44H,1-9,22-33H2,10H3,(H,55,59)(H,56,57,61,62)/t35-,36+,37+,39+,40+,41+,42+,43+,44+,54+,89?/m0/s1. The number of nitrogens with zero attached hydrogens (tertiary/aromatic N) is 2. The number of carbonyl (C=O) groups is 9. The molecule has 2 saturated heterocycles. The van der Waals surface area contributed by atoms with Crippen LogP contribution in [0.25, 0.3) is 0 Å². The minimum atomic E-state index is -5.79. The number of ether oxygens (including phenoxy) is 16. The maximum atomic E-state index is 15.6. The van der Waals surface area contributed by atoms with Crippen molar-refractivity contribution in [2.75, 3.05) is 78.0 Å². The lowest BCUT2D eigenvalue weighted by molar-refractivity contribution is -0.292. The quantitative estimate of drug-likeness (QED) is 0.0343. The van der Waals surface area contributed by atoms with Crippen LogP contribution in [0.4, 0.5) is 39.4 Å². The molecule has 2 aliphatic heterocycles. The lowest BCUT2D eigenvalue weighted by Gasteiger charge is -2.48. The lowest BCUT2D eigenvalue weighted by Crippen LogP contribution is -2.69. The zero-order valence-corrected chi connectivity index (χ0v) is 48.9. The summed E-state index contributed by atoms with van der Waals surface area (Å²) in [6, 6.07) is -0.923. The van der Waals surface area contributed by atoms with Gasteiger partial charge in [0.05, 0.1) is 25.7 Å². The van der Waals surface area contributed by atoms with E-state index in [0.29, 0.717) is 4.57 Å². The van der Waals surface area contributed by atoms with E-state index in [9.17, 15) is 47.9 Å². The highest BCUT2D eigenvalue weighted by Crippen LogP contribution is 2.56. The van der Waals surface area contributed by atoms with Crippen LogP contribution < -0.4 is 16.3 Å². The number of rotatable bonds is 37. The minimum Gasteiger partial charge on any atom is -0.457 e. The number of esters is 1. The van der Waals surface area contributed by atoms with Gasteiger partial charge in [-0.1, -0.05) is 107 Å². The summed E-state index contributed by atoms with van der Waals surface area (Å²) in [5, 5.41) is 4.63. The van der Waals surface area contributed by atoms with Crippen molar-refractivity contribution in [2.24, 2.45) is 0 Å². The Morgan fingerprint density at radius 3 is 1.67 bits per heavy atom. The Kier molecular flexibility index (Phi) is 31.9. The van der Waals surface area contributed by atoms with E-state index in [0.717, 1.165) is 67.8 Å². The molecule has 1 aromatic rings. The van der Waals surface area contributed by atoms with Crippen LogP contribution >= 0.6 is 7.82 Å². The number of hydrogen-bond donors (Lipinski definition) is 2. The average Bonchev–Trinajstić information content (AvgIpc) is 1.47. The second kappa shape index (κ2) is 38.5. The first kappa shape index (κ1) is 73.7. The van der Waals surface area contributed by atoms with Gasteiger partial charge in [0.15, 0.2) is 30.6 Å². The molecule has 34 nitrogen and oxygen atoms in total. The van der Waals surface area contributed by atoms with Gasteiger partial charge in [-0.15, -0.1) is 6.58 Å². The van der Waals surface area contributed by atoms with E-state index in [1.807, 2.05) is 0 Å². The Bertz CT molecular complexity index is 2820. The van der Waals surface area contributed by atoms with Crippen LogP contribution in [0.1, 0.15) is 19.6 Å². The van der Waals surface area contributed by atoms with Crippen molar-refractivity contribution in [3.8, 4) is 0 Å². The molecule has 35 heteroatoms. The number of carbonyl (C=O) groups excluding carboxylic acids is 9. The van der Waals surface area contributed by atoms with Crippen LogP contribution in [-0.2, 0) is 104 Å². The van der Waals surface area contributed by atoms with E-state index in [4.69, 9.17) is 89.4 Å². The van der Waals surface area contributed by atoms with E-state index in [2.05, 4.69) is 74.8 Å². The summed E-state index contributed by atoms with van der Waals surface area (Å²) in [5.74, 6) is -6.57. The number of aromatic nitrogens is 2. The number of hydrogen-bond acceptors (Lipinski definition) is 31. The van der Waals surface area contributed by atoms with Gasteiger partial charge in [-0.3, -0.25) is 23.7 Å². The predicted molar refractivity (Wildman–Crippen MR) is 299 cm³/mol. The molecule has 1 unspecified atom stereocenters. The van der Waals surface area contributed by atoms with Crippen LogP contribution in [-0.4, -0.2) is 192 Å². The van der Waals surface area contributed by atoms with Gasteiger partial charge >= 0.3 is 62.5 Å². The highest BCUT2D eigenvalue weighted by atomic mass is 31.2. The molecule has 3 heterocycles. The van der Waals surface area contributed by atoms with Crippen LogP contribution in [0.2, 0.25) is 0 Å².